The maximum Gasteiger partial charge on any atom is 0.329 e. The first-order valence-corrected chi connectivity index (χ1v) is 4.54. The minimum atomic E-state index is -0.989. The summed E-state index contributed by atoms with van der Waals surface area (Å²) in [6.45, 7) is 3.75. The molecule has 0 spiro atoms. The molecule has 0 aliphatic carbocycles. The molecule has 0 N–H and O–H groups in total. The third kappa shape index (κ3) is 2.74. The number of nitriles is 1. The molecule has 5 nitrogen and oxygen atoms in total. The maximum absolute atomic E-state index is 11.4. The molecule has 0 amide bonds. The van der Waals surface area contributed by atoms with Gasteiger partial charge in [0.1, 0.15) is 0 Å². The fraction of sp³-hybridized carbons (Fsp3) is 0.400. The first-order valence-electron chi connectivity index (χ1n) is 4.54. The lowest BCUT2D eigenvalue weighted by molar-refractivity contribution is -0.143. The fourth-order valence-corrected chi connectivity index (χ4v) is 1.09. The minimum Gasteiger partial charge on any atom is -0.465 e. The number of nitrogens with zero attached hydrogens (tertiary/aromatic N) is 3. The predicted molar refractivity (Wildman–Crippen MR) is 51.8 cm³/mol. The average Bonchev–Trinajstić information content (AvgIpc) is 2.19. The summed E-state index contributed by atoms with van der Waals surface area (Å²) in [5.74, 6) is -1.57. The molecule has 1 aromatic rings. The van der Waals surface area contributed by atoms with Crippen LogP contribution in [0.4, 0.5) is 0 Å². The first kappa shape index (κ1) is 11.1. The zero-order valence-corrected chi connectivity index (χ0v) is 8.60. The Balaban J connectivity index is 2.93. The standard InChI is InChI=1S/C10H11N3O2/c1-3-15-10(14)8(5-11)9-4-7(2)6-12-13-9/h4,6,8H,3H2,1-2H3. The second-order valence-electron chi connectivity index (χ2n) is 2.97. The van der Waals surface area contributed by atoms with E-state index in [9.17, 15) is 4.79 Å². The van der Waals surface area contributed by atoms with Crippen molar-refractivity contribution in [3.8, 4) is 6.07 Å². The minimum absolute atomic E-state index is 0.246. The van der Waals surface area contributed by atoms with E-state index in [1.54, 1.807) is 19.2 Å². The second kappa shape index (κ2) is 5.05. The molecule has 0 aromatic carbocycles. The van der Waals surface area contributed by atoms with Crippen molar-refractivity contribution < 1.29 is 9.53 Å². The summed E-state index contributed by atoms with van der Waals surface area (Å²) in [5, 5.41) is 16.3. The molecule has 1 rings (SSSR count). The molecular formula is C10H11N3O2. The summed E-state index contributed by atoms with van der Waals surface area (Å²) in [6.07, 6.45) is 1.56. The van der Waals surface area contributed by atoms with Gasteiger partial charge in [-0.1, -0.05) is 0 Å². The summed E-state index contributed by atoms with van der Waals surface area (Å²) < 4.78 is 4.76. The van der Waals surface area contributed by atoms with Gasteiger partial charge < -0.3 is 4.74 Å². The Morgan fingerprint density at radius 2 is 2.47 bits per heavy atom. The summed E-state index contributed by atoms with van der Waals surface area (Å²) in [7, 11) is 0. The normalized spacial score (nSPS) is 11.5. The van der Waals surface area contributed by atoms with Gasteiger partial charge in [0.15, 0.2) is 5.92 Å². The van der Waals surface area contributed by atoms with E-state index in [2.05, 4.69) is 10.2 Å². The van der Waals surface area contributed by atoms with Crippen LogP contribution in [0.3, 0.4) is 0 Å². The molecule has 1 atom stereocenters. The highest BCUT2D eigenvalue weighted by Crippen LogP contribution is 2.14. The van der Waals surface area contributed by atoms with E-state index in [0.29, 0.717) is 5.69 Å². The lowest BCUT2D eigenvalue weighted by Crippen LogP contribution is -2.16. The van der Waals surface area contributed by atoms with Crippen molar-refractivity contribution in [1.82, 2.24) is 10.2 Å². The maximum atomic E-state index is 11.4. The van der Waals surface area contributed by atoms with Gasteiger partial charge in [0.2, 0.25) is 0 Å². The molecule has 1 heterocycles. The monoisotopic (exact) mass is 205 g/mol. The van der Waals surface area contributed by atoms with Crippen molar-refractivity contribution >= 4 is 5.97 Å². The first-order chi connectivity index (χ1) is 7.19. The van der Waals surface area contributed by atoms with E-state index in [-0.39, 0.29) is 6.61 Å². The third-order valence-electron chi connectivity index (χ3n) is 1.76. The Morgan fingerprint density at radius 1 is 1.73 bits per heavy atom. The average molecular weight is 205 g/mol. The number of esters is 1. The number of aryl methyl sites for hydroxylation is 1. The van der Waals surface area contributed by atoms with Crippen molar-refractivity contribution in [3.05, 3.63) is 23.5 Å². The number of hydrogen-bond acceptors (Lipinski definition) is 5. The van der Waals surface area contributed by atoms with E-state index in [1.807, 2.05) is 13.0 Å². The van der Waals surface area contributed by atoms with Crippen LogP contribution in [0.25, 0.3) is 0 Å². The SMILES string of the molecule is CCOC(=O)C(C#N)c1cc(C)cnn1. The third-order valence-corrected chi connectivity index (χ3v) is 1.76. The second-order valence-corrected chi connectivity index (χ2v) is 2.97. The largest absolute Gasteiger partial charge is 0.465 e. The Labute approximate surface area is 87.7 Å². The number of aromatic nitrogens is 2. The van der Waals surface area contributed by atoms with E-state index < -0.39 is 11.9 Å². The van der Waals surface area contributed by atoms with Crippen molar-refractivity contribution in [2.45, 2.75) is 19.8 Å². The van der Waals surface area contributed by atoms with Gasteiger partial charge in [-0.05, 0) is 25.5 Å². The lowest BCUT2D eigenvalue weighted by atomic mass is 10.1. The molecule has 0 radical (unpaired) electrons. The molecule has 1 unspecified atom stereocenters. The van der Waals surface area contributed by atoms with Crippen molar-refractivity contribution in [2.75, 3.05) is 6.61 Å². The molecule has 15 heavy (non-hydrogen) atoms. The Kier molecular flexibility index (Phi) is 3.75. The molecule has 0 bridgehead atoms. The quantitative estimate of drug-likeness (QED) is 0.687. The Hall–Kier alpha value is -1.96. The molecule has 5 heteroatoms. The molecule has 0 aliphatic rings. The van der Waals surface area contributed by atoms with Gasteiger partial charge in [-0.25, -0.2) is 0 Å². The number of rotatable bonds is 3. The van der Waals surface area contributed by atoms with Crippen molar-refractivity contribution in [1.29, 1.82) is 5.26 Å². The number of hydrogen-bond donors (Lipinski definition) is 0. The highest BCUT2D eigenvalue weighted by Gasteiger charge is 2.23. The van der Waals surface area contributed by atoms with Crippen LogP contribution in [0.2, 0.25) is 0 Å². The number of ether oxygens (including phenoxy) is 1. The highest BCUT2D eigenvalue weighted by atomic mass is 16.5. The van der Waals surface area contributed by atoms with Crippen LogP contribution in [0.1, 0.15) is 24.1 Å². The van der Waals surface area contributed by atoms with E-state index in [4.69, 9.17) is 10.00 Å². The van der Waals surface area contributed by atoms with Gasteiger partial charge >= 0.3 is 5.97 Å². The topological polar surface area (TPSA) is 75.9 Å². The van der Waals surface area contributed by atoms with Crippen LogP contribution in [0, 0.1) is 18.3 Å². The summed E-state index contributed by atoms with van der Waals surface area (Å²) in [5.41, 5.74) is 1.18. The van der Waals surface area contributed by atoms with Gasteiger partial charge in [-0.15, -0.1) is 0 Å². The summed E-state index contributed by atoms with van der Waals surface area (Å²) in [4.78, 5) is 11.4. The summed E-state index contributed by atoms with van der Waals surface area (Å²) in [6, 6.07) is 3.50. The molecule has 0 fully saturated rings. The van der Waals surface area contributed by atoms with Crippen LogP contribution >= 0.6 is 0 Å². The lowest BCUT2D eigenvalue weighted by Gasteiger charge is -2.06. The molecule has 0 aliphatic heterocycles. The number of carbonyl (C=O) groups is 1. The van der Waals surface area contributed by atoms with Crippen LogP contribution < -0.4 is 0 Å². The van der Waals surface area contributed by atoms with Crippen LogP contribution in [0.5, 0.6) is 0 Å². The smallest absolute Gasteiger partial charge is 0.329 e. The molecule has 0 saturated carbocycles. The van der Waals surface area contributed by atoms with Gasteiger partial charge in [0.05, 0.1) is 24.6 Å². The van der Waals surface area contributed by atoms with E-state index in [1.165, 1.54) is 0 Å². The van der Waals surface area contributed by atoms with Crippen molar-refractivity contribution in [2.24, 2.45) is 0 Å². The van der Waals surface area contributed by atoms with Gasteiger partial charge in [0, 0.05) is 0 Å². The number of carbonyl (C=O) groups excluding carboxylic acids is 1. The zero-order chi connectivity index (χ0) is 11.3. The van der Waals surface area contributed by atoms with E-state index in [0.717, 1.165) is 5.56 Å². The van der Waals surface area contributed by atoms with Gasteiger partial charge in [-0.3, -0.25) is 4.79 Å². The zero-order valence-electron chi connectivity index (χ0n) is 8.60. The van der Waals surface area contributed by atoms with Crippen LogP contribution in [0.15, 0.2) is 12.3 Å². The highest BCUT2D eigenvalue weighted by molar-refractivity contribution is 5.80. The van der Waals surface area contributed by atoms with E-state index >= 15 is 0 Å². The molecule has 78 valence electrons. The van der Waals surface area contributed by atoms with Gasteiger partial charge in [0.25, 0.3) is 0 Å². The molecule has 1 aromatic heterocycles. The molecule has 0 saturated heterocycles. The summed E-state index contributed by atoms with van der Waals surface area (Å²) >= 11 is 0. The fourth-order valence-electron chi connectivity index (χ4n) is 1.09. The molecular weight excluding hydrogens is 194 g/mol. The van der Waals surface area contributed by atoms with Crippen LogP contribution in [-0.4, -0.2) is 22.8 Å². The Morgan fingerprint density at radius 3 is 3.00 bits per heavy atom. The predicted octanol–water partition coefficient (Wildman–Crippen LogP) is 0.955. The van der Waals surface area contributed by atoms with Crippen molar-refractivity contribution in [3.63, 3.8) is 0 Å². The van der Waals surface area contributed by atoms with Gasteiger partial charge in [-0.2, -0.15) is 15.5 Å². The Bertz CT molecular complexity index is 398. The van der Waals surface area contributed by atoms with Crippen LogP contribution in [-0.2, 0) is 9.53 Å².